The molecular formula is C7H7N3S. The number of fused-ring (bicyclic) bond motifs is 1. The molecule has 0 spiro atoms. The maximum Gasteiger partial charge on any atom is 0.102 e. The van der Waals surface area contributed by atoms with Gasteiger partial charge in [0.05, 0.1) is 11.8 Å². The Labute approximate surface area is 69.0 Å². The van der Waals surface area contributed by atoms with Gasteiger partial charge in [0, 0.05) is 10.6 Å². The third-order valence-electron chi connectivity index (χ3n) is 1.53. The predicted octanol–water partition coefficient (Wildman–Crippen LogP) is 1.43. The summed E-state index contributed by atoms with van der Waals surface area (Å²) < 4.78 is 0. The Morgan fingerprint density at radius 2 is 2.27 bits per heavy atom. The van der Waals surface area contributed by atoms with E-state index >= 15 is 0 Å². The summed E-state index contributed by atoms with van der Waals surface area (Å²) in [6.07, 6.45) is 1.63. The van der Waals surface area contributed by atoms with Crippen LogP contribution in [0.2, 0.25) is 0 Å². The molecule has 0 bridgehead atoms. The zero-order valence-corrected chi connectivity index (χ0v) is 6.60. The van der Waals surface area contributed by atoms with Crippen LogP contribution in [0.25, 0.3) is 11.0 Å². The number of anilines is 1. The smallest absolute Gasteiger partial charge is 0.102 e. The quantitative estimate of drug-likeness (QED) is 0.408. The van der Waals surface area contributed by atoms with E-state index in [1.165, 1.54) is 0 Å². The number of H-pyrrole nitrogens is 1. The molecule has 11 heavy (non-hydrogen) atoms. The van der Waals surface area contributed by atoms with Crippen LogP contribution in [0.15, 0.2) is 23.4 Å². The number of hydrogen-bond donors (Lipinski definition) is 3. The number of hydrogen-bond acceptors (Lipinski definition) is 3. The number of nitrogens with two attached hydrogens (primary N) is 1. The lowest BCUT2D eigenvalue weighted by Crippen LogP contribution is -1.84. The van der Waals surface area contributed by atoms with E-state index in [9.17, 15) is 0 Å². The number of aromatic amines is 1. The van der Waals surface area contributed by atoms with Crippen molar-refractivity contribution in [1.82, 2.24) is 9.97 Å². The Morgan fingerprint density at radius 3 is 3.09 bits per heavy atom. The van der Waals surface area contributed by atoms with Crippen LogP contribution < -0.4 is 5.73 Å². The molecule has 3 N–H and O–H groups in total. The first kappa shape index (κ1) is 6.54. The minimum atomic E-state index is 0.701. The van der Waals surface area contributed by atoms with Crippen LogP contribution >= 0.6 is 12.6 Å². The van der Waals surface area contributed by atoms with Gasteiger partial charge in [-0.2, -0.15) is 0 Å². The van der Waals surface area contributed by atoms with Crippen LogP contribution in [0.3, 0.4) is 0 Å². The highest BCUT2D eigenvalue weighted by atomic mass is 32.1. The SMILES string of the molecule is Nc1cc(S)c2nc[nH]c2c1. The molecule has 0 amide bonds. The van der Waals surface area contributed by atoms with E-state index < -0.39 is 0 Å². The molecule has 0 unspecified atom stereocenters. The summed E-state index contributed by atoms with van der Waals surface area (Å²) in [5, 5.41) is 0. The zero-order valence-electron chi connectivity index (χ0n) is 5.70. The van der Waals surface area contributed by atoms with E-state index in [4.69, 9.17) is 5.73 Å². The lowest BCUT2D eigenvalue weighted by Gasteiger charge is -1.95. The van der Waals surface area contributed by atoms with Crippen LogP contribution in [0, 0.1) is 0 Å². The molecule has 0 aliphatic heterocycles. The third-order valence-corrected chi connectivity index (χ3v) is 1.87. The van der Waals surface area contributed by atoms with Gasteiger partial charge in [0.15, 0.2) is 0 Å². The summed E-state index contributed by atoms with van der Waals surface area (Å²) in [6.45, 7) is 0. The fourth-order valence-corrected chi connectivity index (χ4v) is 1.38. The maximum atomic E-state index is 5.59. The number of imidazole rings is 1. The van der Waals surface area contributed by atoms with Crippen LogP contribution in [-0.2, 0) is 0 Å². The Morgan fingerprint density at radius 1 is 1.45 bits per heavy atom. The van der Waals surface area contributed by atoms with Crippen molar-refractivity contribution in [3.05, 3.63) is 18.5 Å². The molecule has 0 saturated carbocycles. The molecule has 2 rings (SSSR count). The largest absolute Gasteiger partial charge is 0.399 e. The lowest BCUT2D eigenvalue weighted by molar-refractivity contribution is 1.33. The molecule has 0 aliphatic carbocycles. The maximum absolute atomic E-state index is 5.59. The predicted molar refractivity (Wildman–Crippen MR) is 47.8 cm³/mol. The van der Waals surface area contributed by atoms with Gasteiger partial charge < -0.3 is 10.7 Å². The molecule has 1 heterocycles. The molecule has 0 radical (unpaired) electrons. The van der Waals surface area contributed by atoms with Gasteiger partial charge in [0.25, 0.3) is 0 Å². The van der Waals surface area contributed by atoms with Crippen molar-refractivity contribution in [2.24, 2.45) is 0 Å². The molecule has 56 valence electrons. The average Bonchev–Trinajstić information content (AvgIpc) is 2.34. The van der Waals surface area contributed by atoms with E-state index in [0.29, 0.717) is 5.69 Å². The highest BCUT2D eigenvalue weighted by Crippen LogP contribution is 2.21. The molecular weight excluding hydrogens is 158 g/mol. The molecule has 0 aliphatic rings. The second-order valence-corrected chi connectivity index (χ2v) is 2.82. The molecule has 0 saturated heterocycles. The van der Waals surface area contributed by atoms with E-state index in [2.05, 4.69) is 22.6 Å². The van der Waals surface area contributed by atoms with Gasteiger partial charge in [0.2, 0.25) is 0 Å². The molecule has 0 fully saturated rings. The molecule has 1 aromatic heterocycles. The van der Waals surface area contributed by atoms with Gasteiger partial charge in [0.1, 0.15) is 5.52 Å². The van der Waals surface area contributed by atoms with Crippen molar-refractivity contribution in [2.75, 3.05) is 5.73 Å². The van der Waals surface area contributed by atoms with E-state index in [0.717, 1.165) is 15.9 Å². The molecule has 1 aromatic carbocycles. The Bertz CT molecular complexity index is 393. The summed E-state index contributed by atoms with van der Waals surface area (Å²) in [4.78, 5) is 7.84. The number of aromatic nitrogens is 2. The third kappa shape index (κ3) is 0.952. The minimum Gasteiger partial charge on any atom is -0.399 e. The summed E-state index contributed by atoms with van der Waals surface area (Å²) in [7, 11) is 0. The van der Waals surface area contributed by atoms with Gasteiger partial charge in [-0.1, -0.05) is 0 Å². The van der Waals surface area contributed by atoms with Crippen molar-refractivity contribution in [3.8, 4) is 0 Å². The van der Waals surface area contributed by atoms with E-state index in [1.54, 1.807) is 12.4 Å². The Balaban J connectivity index is 2.91. The second kappa shape index (κ2) is 2.17. The molecule has 3 nitrogen and oxygen atoms in total. The first-order valence-corrected chi connectivity index (χ1v) is 3.63. The average molecular weight is 165 g/mol. The first-order valence-electron chi connectivity index (χ1n) is 3.19. The first-order chi connectivity index (χ1) is 5.27. The number of nitrogens with one attached hydrogen (secondary N) is 1. The van der Waals surface area contributed by atoms with Crippen molar-refractivity contribution in [2.45, 2.75) is 4.90 Å². The summed E-state index contributed by atoms with van der Waals surface area (Å²) in [5.74, 6) is 0. The van der Waals surface area contributed by atoms with E-state index in [1.807, 2.05) is 6.07 Å². The highest BCUT2D eigenvalue weighted by Gasteiger charge is 2.00. The van der Waals surface area contributed by atoms with Crippen LogP contribution in [-0.4, -0.2) is 9.97 Å². The van der Waals surface area contributed by atoms with Crippen molar-refractivity contribution < 1.29 is 0 Å². The fraction of sp³-hybridized carbons (Fsp3) is 0. The topological polar surface area (TPSA) is 54.7 Å². The van der Waals surface area contributed by atoms with Crippen molar-refractivity contribution in [3.63, 3.8) is 0 Å². The lowest BCUT2D eigenvalue weighted by atomic mass is 10.3. The van der Waals surface area contributed by atoms with Gasteiger partial charge in [-0.05, 0) is 12.1 Å². The molecule has 0 atom stereocenters. The number of thiol groups is 1. The van der Waals surface area contributed by atoms with Gasteiger partial charge in [-0.3, -0.25) is 0 Å². The second-order valence-electron chi connectivity index (χ2n) is 2.34. The van der Waals surface area contributed by atoms with Gasteiger partial charge >= 0.3 is 0 Å². The van der Waals surface area contributed by atoms with E-state index in [-0.39, 0.29) is 0 Å². The van der Waals surface area contributed by atoms with Crippen LogP contribution in [0.1, 0.15) is 0 Å². The number of benzene rings is 1. The summed E-state index contributed by atoms with van der Waals surface area (Å²) >= 11 is 4.22. The minimum absolute atomic E-state index is 0.701. The zero-order chi connectivity index (χ0) is 7.84. The fourth-order valence-electron chi connectivity index (χ4n) is 1.05. The summed E-state index contributed by atoms with van der Waals surface area (Å²) in [6, 6.07) is 3.62. The van der Waals surface area contributed by atoms with Crippen molar-refractivity contribution in [1.29, 1.82) is 0 Å². The molecule has 2 aromatic rings. The monoisotopic (exact) mass is 165 g/mol. The van der Waals surface area contributed by atoms with Gasteiger partial charge in [-0.25, -0.2) is 4.98 Å². The molecule has 4 heteroatoms. The normalized spacial score (nSPS) is 10.6. The van der Waals surface area contributed by atoms with Crippen molar-refractivity contribution >= 4 is 29.3 Å². The highest BCUT2D eigenvalue weighted by molar-refractivity contribution is 7.80. The number of nitrogens with zero attached hydrogens (tertiary/aromatic N) is 1. The van der Waals surface area contributed by atoms with Gasteiger partial charge in [-0.15, -0.1) is 12.6 Å². The Kier molecular flexibility index (Phi) is 1.29. The van der Waals surface area contributed by atoms with Crippen LogP contribution in [0.4, 0.5) is 5.69 Å². The number of rotatable bonds is 0. The van der Waals surface area contributed by atoms with Crippen LogP contribution in [0.5, 0.6) is 0 Å². The summed E-state index contributed by atoms with van der Waals surface area (Å²) in [5.41, 5.74) is 8.08. The Hall–Kier alpha value is -1.16. The standard InChI is InChI=1S/C7H7N3S/c8-4-1-5-7(6(11)2-4)10-3-9-5/h1-3,11H,8H2,(H,9,10). The number of nitrogen functional groups attached to an aromatic ring is 1.